The van der Waals surface area contributed by atoms with Crippen LogP contribution in [0.1, 0.15) is 24.8 Å². The average Bonchev–Trinajstić information content (AvgIpc) is 2.52. The van der Waals surface area contributed by atoms with Gasteiger partial charge in [0, 0.05) is 32.0 Å². The Kier molecular flexibility index (Phi) is 6.14. The summed E-state index contributed by atoms with van der Waals surface area (Å²) in [5.74, 6) is 0.223. The SMILES string of the molecule is CN(C)CCN(Cc1cccnc1)C(=O)[C@@H]1CCCCN1. The van der Waals surface area contributed by atoms with Gasteiger partial charge in [-0.15, -0.1) is 0 Å². The van der Waals surface area contributed by atoms with E-state index in [0.29, 0.717) is 6.54 Å². The second-order valence-corrected chi connectivity index (χ2v) is 5.93. The fraction of sp³-hybridized carbons (Fsp3) is 0.625. The van der Waals surface area contributed by atoms with Crippen molar-refractivity contribution in [2.45, 2.75) is 31.8 Å². The molecule has 1 aromatic rings. The predicted octanol–water partition coefficient (Wildman–Crippen LogP) is 1.11. The van der Waals surface area contributed by atoms with Crippen LogP contribution in [0.2, 0.25) is 0 Å². The van der Waals surface area contributed by atoms with Gasteiger partial charge in [-0.3, -0.25) is 9.78 Å². The summed E-state index contributed by atoms with van der Waals surface area (Å²) in [6.07, 6.45) is 6.86. The lowest BCUT2D eigenvalue weighted by Gasteiger charge is -2.31. The summed E-state index contributed by atoms with van der Waals surface area (Å²) in [7, 11) is 4.07. The van der Waals surface area contributed by atoms with Crippen LogP contribution in [0.5, 0.6) is 0 Å². The number of nitrogens with zero attached hydrogens (tertiary/aromatic N) is 3. The molecule has 21 heavy (non-hydrogen) atoms. The first-order chi connectivity index (χ1) is 10.2. The molecule has 5 heteroatoms. The monoisotopic (exact) mass is 290 g/mol. The number of rotatable bonds is 6. The Balaban J connectivity index is 2.01. The van der Waals surface area contributed by atoms with Crippen molar-refractivity contribution in [1.29, 1.82) is 0 Å². The predicted molar refractivity (Wildman–Crippen MR) is 83.8 cm³/mol. The third-order valence-electron chi connectivity index (χ3n) is 3.83. The smallest absolute Gasteiger partial charge is 0.240 e. The largest absolute Gasteiger partial charge is 0.336 e. The maximum absolute atomic E-state index is 12.7. The maximum Gasteiger partial charge on any atom is 0.240 e. The van der Waals surface area contributed by atoms with E-state index >= 15 is 0 Å². The summed E-state index contributed by atoms with van der Waals surface area (Å²) in [6, 6.07) is 3.93. The van der Waals surface area contributed by atoms with E-state index in [1.807, 2.05) is 37.3 Å². The van der Waals surface area contributed by atoms with Crippen LogP contribution >= 0.6 is 0 Å². The van der Waals surface area contributed by atoms with Crippen LogP contribution in [0.3, 0.4) is 0 Å². The first-order valence-electron chi connectivity index (χ1n) is 7.72. The van der Waals surface area contributed by atoms with Gasteiger partial charge in [-0.1, -0.05) is 12.5 Å². The highest BCUT2D eigenvalue weighted by atomic mass is 16.2. The van der Waals surface area contributed by atoms with Crippen molar-refractivity contribution in [2.75, 3.05) is 33.7 Å². The van der Waals surface area contributed by atoms with Crippen molar-refractivity contribution in [3.05, 3.63) is 30.1 Å². The number of hydrogen-bond acceptors (Lipinski definition) is 4. The van der Waals surface area contributed by atoms with E-state index in [2.05, 4.69) is 15.2 Å². The molecule has 2 rings (SSSR count). The van der Waals surface area contributed by atoms with Gasteiger partial charge in [0.25, 0.3) is 0 Å². The first kappa shape index (κ1) is 15.9. The molecular weight excluding hydrogens is 264 g/mol. The number of piperidine rings is 1. The lowest BCUT2D eigenvalue weighted by atomic mass is 10.0. The Morgan fingerprint density at radius 2 is 2.24 bits per heavy atom. The molecule has 1 amide bonds. The number of carbonyl (C=O) groups excluding carboxylic acids is 1. The maximum atomic E-state index is 12.7. The lowest BCUT2D eigenvalue weighted by molar-refractivity contribution is -0.134. The van der Waals surface area contributed by atoms with Gasteiger partial charge < -0.3 is 15.1 Å². The van der Waals surface area contributed by atoms with Gasteiger partial charge in [-0.2, -0.15) is 0 Å². The minimum atomic E-state index is -0.0161. The van der Waals surface area contributed by atoms with E-state index in [-0.39, 0.29) is 11.9 Å². The molecular formula is C16H26N4O. The number of amides is 1. The molecule has 0 saturated carbocycles. The van der Waals surface area contributed by atoms with Gasteiger partial charge in [0.1, 0.15) is 0 Å². The molecule has 0 radical (unpaired) electrons. The number of likely N-dealkylation sites (N-methyl/N-ethyl adjacent to an activating group) is 1. The normalized spacial score (nSPS) is 18.7. The zero-order valence-electron chi connectivity index (χ0n) is 13.1. The molecule has 0 aliphatic carbocycles. The van der Waals surface area contributed by atoms with Gasteiger partial charge in [-0.25, -0.2) is 0 Å². The second kappa shape index (κ2) is 8.10. The molecule has 2 heterocycles. The van der Waals surface area contributed by atoms with Crippen molar-refractivity contribution in [2.24, 2.45) is 0 Å². The summed E-state index contributed by atoms with van der Waals surface area (Å²) < 4.78 is 0. The van der Waals surface area contributed by atoms with Crippen molar-refractivity contribution in [1.82, 2.24) is 20.1 Å². The highest BCUT2D eigenvalue weighted by Gasteiger charge is 2.25. The van der Waals surface area contributed by atoms with Crippen LogP contribution in [-0.4, -0.2) is 60.5 Å². The van der Waals surface area contributed by atoms with Crippen molar-refractivity contribution in [3.63, 3.8) is 0 Å². The van der Waals surface area contributed by atoms with E-state index < -0.39 is 0 Å². The molecule has 0 aromatic carbocycles. The Hall–Kier alpha value is -1.46. The zero-order chi connectivity index (χ0) is 15.1. The van der Waals surface area contributed by atoms with Crippen LogP contribution in [0.25, 0.3) is 0 Å². The number of hydrogen-bond donors (Lipinski definition) is 1. The summed E-state index contributed by atoms with van der Waals surface area (Å²) in [6.45, 7) is 3.21. The molecule has 0 spiro atoms. The highest BCUT2D eigenvalue weighted by molar-refractivity contribution is 5.82. The number of carbonyl (C=O) groups is 1. The molecule has 5 nitrogen and oxygen atoms in total. The van der Waals surface area contributed by atoms with Crippen LogP contribution in [0.15, 0.2) is 24.5 Å². The fourth-order valence-corrected chi connectivity index (χ4v) is 2.58. The van der Waals surface area contributed by atoms with Crippen LogP contribution < -0.4 is 5.32 Å². The molecule has 116 valence electrons. The molecule has 0 unspecified atom stereocenters. The molecule has 1 aliphatic rings. The number of aromatic nitrogens is 1. The van der Waals surface area contributed by atoms with Crippen LogP contribution in [-0.2, 0) is 11.3 Å². The van der Waals surface area contributed by atoms with E-state index in [1.165, 1.54) is 6.42 Å². The summed E-state index contributed by atoms with van der Waals surface area (Å²) in [5.41, 5.74) is 1.08. The van der Waals surface area contributed by atoms with Gasteiger partial charge >= 0.3 is 0 Å². The molecule has 1 fully saturated rings. The standard InChI is InChI=1S/C16H26N4O/c1-19(2)10-11-20(13-14-6-5-8-17-12-14)16(21)15-7-3-4-9-18-15/h5-6,8,12,15,18H,3-4,7,9-11,13H2,1-2H3/t15-/m0/s1. The second-order valence-electron chi connectivity index (χ2n) is 5.93. The Morgan fingerprint density at radius 3 is 2.86 bits per heavy atom. The third kappa shape index (κ3) is 5.10. The molecule has 1 atom stereocenters. The van der Waals surface area contributed by atoms with E-state index in [1.54, 1.807) is 6.20 Å². The minimum absolute atomic E-state index is 0.0161. The van der Waals surface area contributed by atoms with Gasteiger partial charge in [0.2, 0.25) is 5.91 Å². The number of pyridine rings is 1. The molecule has 1 saturated heterocycles. The molecule has 1 aromatic heterocycles. The third-order valence-corrected chi connectivity index (χ3v) is 3.83. The van der Waals surface area contributed by atoms with Gasteiger partial charge in [0.05, 0.1) is 6.04 Å². The van der Waals surface area contributed by atoms with Crippen LogP contribution in [0, 0.1) is 0 Å². The number of nitrogens with one attached hydrogen (secondary N) is 1. The Morgan fingerprint density at radius 1 is 1.38 bits per heavy atom. The van der Waals surface area contributed by atoms with E-state index in [0.717, 1.165) is 38.0 Å². The van der Waals surface area contributed by atoms with E-state index in [9.17, 15) is 4.79 Å². The van der Waals surface area contributed by atoms with Gasteiger partial charge in [0.15, 0.2) is 0 Å². The molecule has 0 bridgehead atoms. The summed E-state index contributed by atoms with van der Waals surface area (Å²) in [5, 5.41) is 3.35. The molecule has 1 N–H and O–H groups in total. The first-order valence-corrected chi connectivity index (χ1v) is 7.72. The topological polar surface area (TPSA) is 48.5 Å². The highest BCUT2D eigenvalue weighted by Crippen LogP contribution is 2.12. The Bertz CT molecular complexity index is 429. The van der Waals surface area contributed by atoms with Crippen molar-refractivity contribution < 1.29 is 4.79 Å². The quantitative estimate of drug-likeness (QED) is 0.853. The lowest BCUT2D eigenvalue weighted by Crippen LogP contribution is -2.49. The van der Waals surface area contributed by atoms with Crippen molar-refractivity contribution in [3.8, 4) is 0 Å². The summed E-state index contributed by atoms with van der Waals surface area (Å²) >= 11 is 0. The van der Waals surface area contributed by atoms with Gasteiger partial charge in [-0.05, 0) is 45.1 Å². The zero-order valence-corrected chi connectivity index (χ0v) is 13.1. The Labute approximate surface area is 127 Å². The van der Waals surface area contributed by atoms with Crippen LogP contribution in [0.4, 0.5) is 0 Å². The minimum Gasteiger partial charge on any atom is -0.336 e. The van der Waals surface area contributed by atoms with Crippen molar-refractivity contribution >= 4 is 5.91 Å². The summed E-state index contributed by atoms with van der Waals surface area (Å²) in [4.78, 5) is 20.9. The van der Waals surface area contributed by atoms with E-state index in [4.69, 9.17) is 0 Å². The fourth-order valence-electron chi connectivity index (χ4n) is 2.58. The average molecular weight is 290 g/mol. The molecule has 1 aliphatic heterocycles.